The van der Waals surface area contributed by atoms with Gasteiger partial charge in [-0.05, 0) is 51.6 Å². The van der Waals surface area contributed by atoms with Gasteiger partial charge in [0.05, 0.1) is 0 Å². The Morgan fingerprint density at radius 2 is 1.63 bits per heavy atom. The first-order valence-electron chi connectivity index (χ1n) is 7.14. The van der Waals surface area contributed by atoms with Crippen LogP contribution < -0.4 is 0 Å². The van der Waals surface area contributed by atoms with E-state index in [0.717, 1.165) is 25.7 Å². The molecule has 0 aromatic heterocycles. The zero-order valence-electron chi connectivity index (χ0n) is 11.8. The van der Waals surface area contributed by atoms with Crippen LogP contribution in [0.1, 0.15) is 25.7 Å². The third kappa shape index (κ3) is 4.20. The molecule has 2 fully saturated rings. The summed E-state index contributed by atoms with van der Waals surface area (Å²) in [4.78, 5) is 27.1. The number of carboxylic acid groups (broad SMARTS) is 1. The van der Waals surface area contributed by atoms with Crippen molar-refractivity contribution in [1.29, 1.82) is 0 Å². The van der Waals surface area contributed by atoms with E-state index in [4.69, 9.17) is 5.11 Å². The van der Waals surface area contributed by atoms with Crippen LogP contribution in [0.15, 0.2) is 0 Å². The number of carbonyl (C=O) groups excluding carboxylic acids is 1. The van der Waals surface area contributed by atoms with Crippen molar-refractivity contribution in [3.8, 4) is 0 Å². The lowest BCUT2D eigenvalue weighted by Crippen LogP contribution is -2.44. The molecule has 0 atom stereocenters. The molecule has 1 amide bonds. The summed E-state index contributed by atoms with van der Waals surface area (Å²) in [6.45, 7) is 1.05. The summed E-state index contributed by atoms with van der Waals surface area (Å²) >= 11 is 0. The van der Waals surface area contributed by atoms with Crippen LogP contribution in [-0.4, -0.2) is 60.5 Å². The predicted octanol–water partition coefficient (Wildman–Crippen LogP) is 0.897. The minimum absolute atomic E-state index is 0.0780. The number of aliphatic carboxylic acids is 1. The van der Waals surface area contributed by atoms with Crippen LogP contribution in [0.4, 0.5) is 0 Å². The molecular formula is C14H24N2O3. The van der Waals surface area contributed by atoms with Crippen molar-refractivity contribution in [3.63, 3.8) is 0 Å². The van der Waals surface area contributed by atoms with Gasteiger partial charge in [0.25, 0.3) is 0 Å². The van der Waals surface area contributed by atoms with Crippen molar-refractivity contribution in [2.75, 3.05) is 33.7 Å². The number of hydrogen-bond donors (Lipinski definition) is 1. The van der Waals surface area contributed by atoms with Crippen molar-refractivity contribution in [2.24, 2.45) is 17.8 Å². The van der Waals surface area contributed by atoms with E-state index >= 15 is 0 Å². The molecule has 0 radical (unpaired) electrons. The van der Waals surface area contributed by atoms with Gasteiger partial charge < -0.3 is 14.9 Å². The Labute approximate surface area is 114 Å². The number of rotatable bonds is 8. The lowest BCUT2D eigenvalue weighted by molar-refractivity contribution is -0.147. The molecule has 1 N–H and O–H groups in total. The maximum atomic E-state index is 12.6. The zero-order valence-corrected chi connectivity index (χ0v) is 11.8. The molecule has 0 unspecified atom stereocenters. The van der Waals surface area contributed by atoms with Crippen molar-refractivity contribution in [1.82, 2.24) is 9.80 Å². The molecule has 0 bridgehead atoms. The van der Waals surface area contributed by atoms with Gasteiger partial charge >= 0.3 is 5.97 Å². The summed E-state index contributed by atoms with van der Waals surface area (Å²) in [5, 5.41) is 8.98. The van der Waals surface area contributed by atoms with E-state index in [9.17, 15) is 9.59 Å². The third-order valence-corrected chi connectivity index (χ3v) is 4.00. The summed E-state index contributed by atoms with van der Waals surface area (Å²) in [6, 6.07) is 0. The highest BCUT2D eigenvalue weighted by Crippen LogP contribution is 2.49. The SMILES string of the molecule is CN(C)CCN(CC(=O)O)C(=O)C(C1CC1)C1CC1. The molecule has 0 saturated heterocycles. The summed E-state index contributed by atoms with van der Waals surface area (Å²) in [7, 11) is 3.87. The molecule has 19 heavy (non-hydrogen) atoms. The summed E-state index contributed by atoms with van der Waals surface area (Å²) in [5.74, 6) is 0.305. The normalized spacial score (nSPS) is 18.9. The first-order chi connectivity index (χ1) is 8.99. The molecule has 5 heteroatoms. The topological polar surface area (TPSA) is 60.9 Å². The number of carboxylic acids is 1. The molecule has 0 aromatic rings. The van der Waals surface area contributed by atoms with Crippen molar-refractivity contribution < 1.29 is 14.7 Å². The molecule has 2 rings (SSSR count). The second-order valence-electron chi connectivity index (χ2n) is 6.16. The highest BCUT2D eigenvalue weighted by Gasteiger charge is 2.47. The highest BCUT2D eigenvalue weighted by molar-refractivity contribution is 5.84. The van der Waals surface area contributed by atoms with Crippen molar-refractivity contribution in [3.05, 3.63) is 0 Å². The number of amides is 1. The summed E-state index contributed by atoms with van der Waals surface area (Å²) in [5.41, 5.74) is 0. The van der Waals surface area contributed by atoms with E-state index in [0.29, 0.717) is 24.9 Å². The predicted molar refractivity (Wildman–Crippen MR) is 71.7 cm³/mol. The van der Waals surface area contributed by atoms with Gasteiger partial charge in [0.1, 0.15) is 6.54 Å². The molecule has 5 nitrogen and oxygen atoms in total. The van der Waals surface area contributed by atoms with E-state index in [1.165, 1.54) is 0 Å². The lowest BCUT2D eigenvalue weighted by atomic mass is 9.96. The van der Waals surface area contributed by atoms with Crippen LogP contribution in [0.25, 0.3) is 0 Å². The van der Waals surface area contributed by atoms with Gasteiger partial charge in [0, 0.05) is 19.0 Å². The van der Waals surface area contributed by atoms with E-state index in [1.807, 2.05) is 19.0 Å². The fourth-order valence-corrected chi connectivity index (χ4v) is 2.66. The second kappa shape index (κ2) is 5.90. The fourth-order valence-electron chi connectivity index (χ4n) is 2.66. The van der Waals surface area contributed by atoms with E-state index < -0.39 is 5.97 Å². The van der Waals surface area contributed by atoms with Gasteiger partial charge in [-0.3, -0.25) is 9.59 Å². The largest absolute Gasteiger partial charge is 0.480 e. The van der Waals surface area contributed by atoms with Crippen LogP contribution in [-0.2, 0) is 9.59 Å². The van der Waals surface area contributed by atoms with Crippen LogP contribution >= 0.6 is 0 Å². The van der Waals surface area contributed by atoms with Gasteiger partial charge in [-0.15, -0.1) is 0 Å². The minimum Gasteiger partial charge on any atom is -0.480 e. The summed E-state index contributed by atoms with van der Waals surface area (Å²) < 4.78 is 0. The molecule has 2 aliphatic carbocycles. The zero-order chi connectivity index (χ0) is 14.0. The Kier molecular flexibility index (Phi) is 4.45. The van der Waals surface area contributed by atoms with Crippen LogP contribution in [0, 0.1) is 17.8 Å². The molecule has 108 valence electrons. The Morgan fingerprint density at radius 1 is 1.11 bits per heavy atom. The van der Waals surface area contributed by atoms with E-state index in [-0.39, 0.29) is 18.4 Å². The summed E-state index contributed by atoms with van der Waals surface area (Å²) in [6.07, 6.45) is 4.56. The molecule has 0 heterocycles. The Balaban J connectivity index is 1.97. The molecule has 0 aliphatic heterocycles. The fraction of sp³-hybridized carbons (Fsp3) is 0.857. The minimum atomic E-state index is -0.919. The lowest BCUT2D eigenvalue weighted by Gasteiger charge is -2.27. The van der Waals surface area contributed by atoms with Gasteiger partial charge in [-0.25, -0.2) is 0 Å². The number of carbonyl (C=O) groups is 2. The Hall–Kier alpha value is -1.10. The van der Waals surface area contributed by atoms with Crippen molar-refractivity contribution >= 4 is 11.9 Å². The quantitative estimate of drug-likeness (QED) is 0.710. The standard InChI is InChI=1S/C14H24N2O3/c1-15(2)7-8-16(9-12(17)18)14(19)13(10-3-4-10)11-5-6-11/h10-11,13H,3-9H2,1-2H3,(H,17,18). The van der Waals surface area contributed by atoms with E-state index in [2.05, 4.69) is 0 Å². The molecule has 2 aliphatic rings. The molecule has 0 aromatic carbocycles. The van der Waals surface area contributed by atoms with Crippen LogP contribution in [0.3, 0.4) is 0 Å². The average Bonchev–Trinajstić information content (AvgIpc) is 3.16. The maximum Gasteiger partial charge on any atom is 0.323 e. The Bertz CT molecular complexity index is 337. The van der Waals surface area contributed by atoms with Crippen LogP contribution in [0.5, 0.6) is 0 Å². The van der Waals surface area contributed by atoms with Gasteiger partial charge in [0.2, 0.25) is 5.91 Å². The van der Waals surface area contributed by atoms with Crippen molar-refractivity contribution in [2.45, 2.75) is 25.7 Å². The van der Waals surface area contributed by atoms with E-state index in [1.54, 1.807) is 4.90 Å². The van der Waals surface area contributed by atoms with Gasteiger partial charge in [-0.2, -0.15) is 0 Å². The monoisotopic (exact) mass is 268 g/mol. The molecular weight excluding hydrogens is 244 g/mol. The molecule has 0 spiro atoms. The average molecular weight is 268 g/mol. The second-order valence-corrected chi connectivity index (χ2v) is 6.16. The number of hydrogen-bond acceptors (Lipinski definition) is 3. The smallest absolute Gasteiger partial charge is 0.323 e. The third-order valence-electron chi connectivity index (χ3n) is 4.00. The number of likely N-dealkylation sites (N-methyl/N-ethyl adjacent to an activating group) is 1. The first-order valence-corrected chi connectivity index (χ1v) is 7.14. The van der Waals surface area contributed by atoms with Crippen LogP contribution in [0.2, 0.25) is 0 Å². The van der Waals surface area contributed by atoms with Gasteiger partial charge in [0.15, 0.2) is 0 Å². The highest BCUT2D eigenvalue weighted by atomic mass is 16.4. The maximum absolute atomic E-state index is 12.6. The number of nitrogens with zero attached hydrogens (tertiary/aromatic N) is 2. The molecule has 2 saturated carbocycles. The Morgan fingerprint density at radius 3 is 2.00 bits per heavy atom. The van der Waals surface area contributed by atoms with Gasteiger partial charge in [-0.1, -0.05) is 0 Å². The first kappa shape index (κ1) is 14.3.